The predicted octanol–water partition coefficient (Wildman–Crippen LogP) is 1.96. The van der Waals surface area contributed by atoms with Crippen LogP contribution in [-0.4, -0.2) is 14.4 Å². The van der Waals surface area contributed by atoms with Crippen molar-refractivity contribution < 1.29 is 13.2 Å². The molecule has 2 aromatic carbocycles. The predicted molar refractivity (Wildman–Crippen MR) is 84.9 cm³/mol. The minimum Gasteiger partial charge on any atom is -0.334 e. The Kier molecular flexibility index (Phi) is 4.79. The van der Waals surface area contributed by atoms with Crippen LogP contribution in [0.15, 0.2) is 53.4 Å². The van der Waals surface area contributed by atoms with Gasteiger partial charge < -0.3 is 10.6 Å². The van der Waals surface area contributed by atoms with E-state index in [4.69, 9.17) is 5.14 Å². The van der Waals surface area contributed by atoms with Crippen LogP contribution in [0.4, 0.5) is 10.5 Å². The van der Waals surface area contributed by atoms with Crippen molar-refractivity contribution in [2.75, 3.05) is 5.32 Å². The quantitative estimate of drug-likeness (QED) is 0.803. The smallest absolute Gasteiger partial charge is 0.319 e. The van der Waals surface area contributed by atoms with E-state index in [1.807, 2.05) is 31.2 Å². The van der Waals surface area contributed by atoms with Crippen LogP contribution in [0.5, 0.6) is 0 Å². The summed E-state index contributed by atoms with van der Waals surface area (Å²) in [6.45, 7) is 2.25. The number of aryl methyl sites for hydroxylation is 1. The first-order valence-corrected chi connectivity index (χ1v) is 8.12. The number of nitrogens with two attached hydrogens (primary N) is 1. The maximum atomic E-state index is 11.8. The van der Waals surface area contributed by atoms with E-state index < -0.39 is 10.0 Å². The average molecular weight is 319 g/mol. The third kappa shape index (κ3) is 4.57. The normalized spacial score (nSPS) is 11.0. The van der Waals surface area contributed by atoms with E-state index in [0.29, 0.717) is 5.69 Å². The van der Waals surface area contributed by atoms with Gasteiger partial charge in [-0.1, -0.05) is 29.8 Å². The van der Waals surface area contributed by atoms with Gasteiger partial charge in [0.1, 0.15) is 0 Å². The van der Waals surface area contributed by atoms with Gasteiger partial charge in [0.25, 0.3) is 0 Å². The highest BCUT2D eigenvalue weighted by Crippen LogP contribution is 2.10. The molecule has 2 rings (SSSR count). The highest BCUT2D eigenvalue weighted by molar-refractivity contribution is 7.89. The van der Waals surface area contributed by atoms with E-state index in [1.165, 1.54) is 12.1 Å². The largest absolute Gasteiger partial charge is 0.334 e. The van der Waals surface area contributed by atoms with Crippen molar-refractivity contribution in [3.63, 3.8) is 0 Å². The van der Waals surface area contributed by atoms with Crippen molar-refractivity contribution in [1.29, 1.82) is 0 Å². The average Bonchev–Trinajstić information content (AvgIpc) is 2.47. The van der Waals surface area contributed by atoms with Gasteiger partial charge in [0.2, 0.25) is 10.0 Å². The third-order valence-corrected chi connectivity index (χ3v) is 3.94. The van der Waals surface area contributed by atoms with E-state index in [-0.39, 0.29) is 17.5 Å². The van der Waals surface area contributed by atoms with Crippen molar-refractivity contribution in [2.24, 2.45) is 5.14 Å². The Hall–Kier alpha value is -2.38. The Morgan fingerprint density at radius 3 is 2.18 bits per heavy atom. The molecule has 116 valence electrons. The first-order valence-electron chi connectivity index (χ1n) is 6.58. The van der Waals surface area contributed by atoms with Gasteiger partial charge in [0.15, 0.2) is 0 Å². The molecular formula is C15H17N3O3S. The molecule has 0 heterocycles. The van der Waals surface area contributed by atoms with Gasteiger partial charge in [-0.05, 0) is 36.8 Å². The number of hydrogen-bond acceptors (Lipinski definition) is 3. The summed E-state index contributed by atoms with van der Waals surface area (Å²) in [4.78, 5) is 11.8. The number of carbonyl (C=O) groups is 1. The molecule has 0 radical (unpaired) electrons. The number of urea groups is 1. The first-order chi connectivity index (χ1) is 10.3. The molecule has 0 fully saturated rings. The van der Waals surface area contributed by atoms with E-state index in [1.54, 1.807) is 12.1 Å². The lowest BCUT2D eigenvalue weighted by Gasteiger charge is -2.08. The fourth-order valence-electron chi connectivity index (χ4n) is 1.79. The number of sulfonamides is 1. The Morgan fingerprint density at radius 2 is 1.64 bits per heavy atom. The molecule has 0 unspecified atom stereocenters. The molecule has 4 N–H and O–H groups in total. The lowest BCUT2D eigenvalue weighted by atomic mass is 10.2. The number of benzene rings is 2. The van der Waals surface area contributed by atoms with Crippen LogP contribution in [0.1, 0.15) is 11.1 Å². The summed E-state index contributed by atoms with van der Waals surface area (Å²) in [5.41, 5.74) is 2.58. The van der Waals surface area contributed by atoms with Crippen LogP contribution in [0.2, 0.25) is 0 Å². The second-order valence-electron chi connectivity index (χ2n) is 4.86. The van der Waals surface area contributed by atoms with Crippen molar-refractivity contribution >= 4 is 21.7 Å². The molecule has 0 aromatic heterocycles. The highest BCUT2D eigenvalue weighted by atomic mass is 32.2. The third-order valence-electron chi connectivity index (χ3n) is 3.01. The molecule has 0 saturated heterocycles. The van der Waals surface area contributed by atoms with Gasteiger partial charge in [0.05, 0.1) is 4.90 Å². The number of carbonyl (C=O) groups excluding carboxylic acids is 1. The van der Waals surface area contributed by atoms with E-state index in [9.17, 15) is 13.2 Å². The molecule has 0 bridgehead atoms. The Balaban J connectivity index is 1.89. The van der Waals surface area contributed by atoms with Crippen molar-refractivity contribution in [2.45, 2.75) is 18.4 Å². The summed E-state index contributed by atoms with van der Waals surface area (Å²) in [6, 6.07) is 13.1. The van der Waals surface area contributed by atoms with Crippen LogP contribution in [0.25, 0.3) is 0 Å². The number of amides is 2. The first kappa shape index (κ1) is 16.0. The lowest BCUT2D eigenvalue weighted by molar-refractivity contribution is 0.251. The van der Waals surface area contributed by atoms with Gasteiger partial charge in [0, 0.05) is 12.2 Å². The number of hydrogen-bond donors (Lipinski definition) is 3. The highest BCUT2D eigenvalue weighted by Gasteiger charge is 2.07. The molecule has 0 aliphatic carbocycles. The molecule has 0 aliphatic rings. The van der Waals surface area contributed by atoms with E-state index >= 15 is 0 Å². The minimum atomic E-state index is -3.69. The Bertz CT molecular complexity index is 754. The second kappa shape index (κ2) is 6.59. The molecule has 0 aliphatic heterocycles. The minimum absolute atomic E-state index is 0.0420. The van der Waals surface area contributed by atoms with Crippen LogP contribution in [-0.2, 0) is 16.6 Å². The van der Waals surface area contributed by atoms with Crippen LogP contribution >= 0.6 is 0 Å². The number of rotatable bonds is 4. The molecule has 0 spiro atoms. The fourth-order valence-corrected chi connectivity index (χ4v) is 2.31. The Labute approximate surface area is 129 Å². The maximum absolute atomic E-state index is 11.8. The molecule has 0 saturated carbocycles. The summed E-state index contributed by atoms with van der Waals surface area (Å²) >= 11 is 0. The van der Waals surface area contributed by atoms with Gasteiger partial charge in [-0.2, -0.15) is 0 Å². The summed E-state index contributed by atoms with van der Waals surface area (Å²) in [5, 5.41) is 10.4. The zero-order valence-corrected chi connectivity index (χ0v) is 12.9. The SMILES string of the molecule is Cc1ccc(NC(=O)NCc2ccc(S(N)(=O)=O)cc2)cc1. The molecule has 0 atom stereocenters. The number of nitrogens with one attached hydrogen (secondary N) is 2. The summed E-state index contributed by atoms with van der Waals surface area (Å²) in [7, 11) is -3.69. The van der Waals surface area contributed by atoms with Gasteiger partial charge in [-0.15, -0.1) is 0 Å². The standard InChI is InChI=1S/C15H17N3O3S/c1-11-2-6-13(7-3-11)18-15(19)17-10-12-4-8-14(9-5-12)22(16,20)21/h2-9H,10H2,1H3,(H2,16,20,21)(H2,17,18,19). The zero-order chi connectivity index (χ0) is 16.2. The van der Waals surface area contributed by atoms with Crippen molar-refractivity contribution in [3.8, 4) is 0 Å². The molecule has 2 aromatic rings. The van der Waals surface area contributed by atoms with E-state index in [0.717, 1.165) is 11.1 Å². The lowest BCUT2D eigenvalue weighted by Crippen LogP contribution is -2.28. The van der Waals surface area contributed by atoms with Crippen molar-refractivity contribution in [1.82, 2.24) is 5.32 Å². The molecule has 22 heavy (non-hydrogen) atoms. The van der Waals surface area contributed by atoms with Crippen LogP contribution in [0.3, 0.4) is 0 Å². The maximum Gasteiger partial charge on any atom is 0.319 e. The van der Waals surface area contributed by atoms with Gasteiger partial charge >= 0.3 is 6.03 Å². The van der Waals surface area contributed by atoms with Gasteiger partial charge in [-0.3, -0.25) is 0 Å². The van der Waals surface area contributed by atoms with Gasteiger partial charge in [-0.25, -0.2) is 18.4 Å². The van der Waals surface area contributed by atoms with Crippen LogP contribution < -0.4 is 15.8 Å². The summed E-state index contributed by atoms with van der Waals surface area (Å²) in [6.07, 6.45) is 0. The summed E-state index contributed by atoms with van der Waals surface area (Å²) in [5.74, 6) is 0. The number of anilines is 1. The molecular weight excluding hydrogens is 302 g/mol. The zero-order valence-electron chi connectivity index (χ0n) is 12.0. The van der Waals surface area contributed by atoms with E-state index in [2.05, 4.69) is 10.6 Å². The fraction of sp³-hybridized carbons (Fsp3) is 0.133. The summed E-state index contributed by atoms with van der Waals surface area (Å²) < 4.78 is 22.3. The second-order valence-corrected chi connectivity index (χ2v) is 6.42. The molecule has 6 nitrogen and oxygen atoms in total. The molecule has 2 amide bonds. The van der Waals surface area contributed by atoms with Crippen LogP contribution in [0, 0.1) is 6.92 Å². The monoisotopic (exact) mass is 319 g/mol. The molecule has 7 heteroatoms. The van der Waals surface area contributed by atoms with Crippen molar-refractivity contribution in [3.05, 3.63) is 59.7 Å². The topological polar surface area (TPSA) is 101 Å². The Morgan fingerprint density at radius 1 is 1.05 bits per heavy atom. The number of primary sulfonamides is 1.